The molecule has 3 N–H and O–H groups in total. The Balaban J connectivity index is 2.04. The predicted octanol–water partition coefficient (Wildman–Crippen LogP) is 0.0593. The second-order valence-electron chi connectivity index (χ2n) is 5.07. The molecule has 1 aliphatic heterocycles. The van der Waals surface area contributed by atoms with Gasteiger partial charge in [-0.1, -0.05) is 6.92 Å². The van der Waals surface area contributed by atoms with Gasteiger partial charge in [-0.3, -0.25) is 4.79 Å². The Kier molecular flexibility index (Phi) is 4.98. The fraction of sp³-hybridized carbons (Fsp3) is 0.571. The van der Waals surface area contributed by atoms with E-state index in [-0.39, 0.29) is 5.76 Å². The summed E-state index contributed by atoms with van der Waals surface area (Å²) in [7, 11) is 0. The first kappa shape index (κ1) is 15.5. The van der Waals surface area contributed by atoms with Crippen LogP contribution < -0.4 is 0 Å². The van der Waals surface area contributed by atoms with Crippen LogP contribution in [-0.2, 0) is 11.3 Å². The van der Waals surface area contributed by atoms with E-state index < -0.39 is 24.7 Å². The number of carbonyl (C=O) groups is 1. The van der Waals surface area contributed by atoms with Crippen LogP contribution in [0, 0.1) is 0 Å². The van der Waals surface area contributed by atoms with E-state index in [2.05, 4.69) is 4.98 Å². The van der Waals surface area contributed by atoms with Crippen molar-refractivity contribution in [3.63, 3.8) is 0 Å². The maximum absolute atomic E-state index is 12.1. The van der Waals surface area contributed by atoms with E-state index in [1.54, 1.807) is 12.5 Å². The fourth-order valence-corrected chi connectivity index (χ4v) is 2.73. The van der Waals surface area contributed by atoms with Crippen LogP contribution in [0.15, 0.2) is 30.1 Å². The van der Waals surface area contributed by atoms with Crippen molar-refractivity contribution in [2.75, 3.05) is 13.2 Å². The number of hydrogen-bond acceptors (Lipinski definition) is 5. The van der Waals surface area contributed by atoms with Crippen LogP contribution in [0.2, 0.25) is 0 Å². The SMILES string of the molecule is CCC1=C(O)C(=O)N(CCCn2ccnc2)C1C(O)CO. The Morgan fingerprint density at radius 2 is 2.19 bits per heavy atom. The second kappa shape index (κ2) is 6.73. The van der Waals surface area contributed by atoms with Gasteiger partial charge in [0.25, 0.3) is 5.91 Å². The van der Waals surface area contributed by atoms with Gasteiger partial charge in [0, 0.05) is 31.1 Å². The first-order valence-corrected chi connectivity index (χ1v) is 7.07. The average molecular weight is 295 g/mol. The number of rotatable bonds is 7. The van der Waals surface area contributed by atoms with E-state index in [9.17, 15) is 15.0 Å². The Morgan fingerprint density at radius 1 is 1.43 bits per heavy atom. The summed E-state index contributed by atoms with van der Waals surface area (Å²) in [6.45, 7) is 2.44. The predicted molar refractivity (Wildman–Crippen MR) is 75.4 cm³/mol. The van der Waals surface area contributed by atoms with Gasteiger partial charge >= 0.3 is 0 Å². The lowest BCUT2D eigenvalue weighted by molar-refractivity contribution is -0.131. The molecule has 0 radical (unpaired) electrons. The molecule has 2 rings (SSSR count). The number of aliphatic hydroxyl groups excluding tert-OH is 3. The lowest BCUT2D eigenvalue weighted by Crippen LogP contribution is -2.45. The van der Waals surface area contributed by atoms with Crippen molar-refractivity contribution in [2.45, 2.75) is 38.5 Å². The maximum Gasteiger partial charge on any atom is 0.289 e. The lowest BCUT2D eigenvalue weighted by Gasteiger charge is -2.29. The van der Waals surface area contributed by atoms with Gasteiger partial charge in [0.05, 0.1) is 19.0 Å². The molecule has 0 aromatic carbocycles. The number of aromatic nitrogens is 2. The molecule has 7 nitrogen and oxygen atoms in total. The lowest BCUT2D eigenvalue weighted by atomic mass is 10.0. The van der Waals surface area contributed by atoms with Gasteiger partial charge in [-0.2, -0.15) is 0 Å². The Morgan fingerprint density at radius 3 is 2.76 bits per heavy atom. The van der Waals surface area contributed by atoms with Crippen LogP contribution in [0.1, 0.15) is 19.8 Å². The number of aliphatic hydroxyl groups is 3. The molecule has 116 valence electrons. The molecule has 0 aliphatic carbocycles. The molecule has 0 saturated heterocycles. The molecule has 0 spiro atoms. The third kappa shape index (κ3) is 3.08. The molecule has 1 aromatic rings. The minimum absolute atomic E-state index is 0.294. The molecule has 0 saturated carbocycles. The highest BCUT2D eigenvalue weighted by Crippen LogP contribution is 2.29. The first-order valence-electron chi connectivity index (χ1n) is 7.07. The van der Waals surface area contributed by atoms with E-state index in [4.69, 9.17) is 5.11 Å². The van der Waals surface area contributed by atoms with Crippen LogP contribution in [0.25, 0.3) is 0 Å². The van der Waals surface area contributed by atoms with Gasteiger partial charge < -0.3 is 24.8 Å². The zero-order valence-electron chi connectivity index (χ0n) is 12.0. The summed E-state index contributed by atoms with van der Waals surface area (Å²) in [4.78, 5) is 17.5. The van der Waals surface area contributed by atoms with Crippen LogP contribution in [0.3, 0.4) is 0 Å². The summed E-state index contributed by atoms with van der Waals surface area (Å²) < 4.78 is 1.89. The van der Waals surface area contributed by atoms with Crippen molar-refractivity contribution in [2.24, 2.45) is 0 Å². The van der Waals surface area contributed by atoms with Gasteiger partial charge in [0.15, 0.2) is 5.76 Å². The van der Waals surface area contributed by atoms with Gasteiger partial charge in [-0.05, 0) is 12.8 Å². The number of imidazole rings is 1. The summed E-state index contributed by atoms with van der Waals surface area (Å²) in [6.07, 6.45) is 5.25. The van der Waals surface area contributed by atoms with Gasteiger partial charge in [-0.15, -0.1) is 0 Å². The van der Waals surface area contributed by atoms with Gasteiger partial charge in [0.2, 0.25) is 0 Å². The van der Waals surface area contributed by atoms with Crippen LogP contribution in [-0.4, -0.2) is 61.0 Å². The standard InChI is InChI=1S/C14H21N3O4/c1-2-10-12(11(19)8-18)17(14(21)13(10)20)6-3-5-16-7-4-15-9-16/h4,7,9,11-12,18-20H,2-3,5-6,8H2,1H3. The highest BCUT2D eigenvalue weighted by molar-refractivity contribution is 5.95. The Labute approximate surface area is 123 Å². The molecule has 2 heterocycles. The van der Waals surface area contributed by atoms with Gasteiger partial charge in [-0.25, -0.2) is 4.98 Å². The number of nitrogens with zero attached hydrogens (tertiary/aromatic N) is 3. The highest BCUT2D eigenvalue weighted by Gasteiger charge is 2.41. The first-order chi connectivity index (χ1) is 10.1. The van der Waals surface area contributed by atoms with Crippen molar-refractivity contribution >= 4 is 5.91 Å². The van der Waals surface area contributed by atoms with E-state index in [1.165, 1.54) is 4.90 Å². The summed E-state index contributed by atoms with van der Waals surface area (Å²) in [5.74, 6) is -0.771. The van der Waals surface area contributed by atoms with Crippen molar-refractivity contribution < 1.29 is 20.1 Å². The smallest absolute Gasteiger partial charge is 0.289 e. The molecular weight excluding hydrogens is 274 g/mol. The van der Waals surface area contributed by atoms with E-state index in [1.807, 2.05) is 17.7 Å². The third-order valence-electron chi connectivity index (χ3n) is 3.77. The molecular formula is C14H21N3O4. The number of carbonyl (C=O) groups excluding carboxylic acids is 1. The average Bonchev–Trinajstić information content (AvgIpc) is 3.08. The fourth-order valence-electron chi connectivity index (χ4n) is 2.73. The quantitative estimate of drug-likeness (QED) is 0.660. The van der Waals surface area contributed by atoms with Gasteiger partial charge in [0.1, 0.15) is 6.10 Å². The van der Waals surface area contributed by atoms with Crippen LogP contribution in [0.5, 0.6) is 0 Å². The second-order valence-corrected chi connectivity index (χ2v) is 5.07. The number of aryl methyl sites for hydroxylation is 1. The van der Waals surface area contributed by atoms with Crippen molar-refractivity contribution in [1.29, 1.82) is 0 Å². The molecule has 1 aromatic heterocycles. The molecule has 7 heteroatoms. The minimum Gasteiger partial charge on any atom is -0.503 e. The van der Waals surface area contributed by atoms with Crippen LogP contribution in [0.4, 0.5) is 0 Å². The Hall–Kier alpha value is -1.86. The highest BCUT2D eigenvalue weighted by atomic mass is 16.3. The summed E-state index contributed by atoms with van der Waals surface area (Å²) in [5, 5.41) is 29.0. The Bertz CT molecular complexity index is 512. The zero-order chi connectivity index (χ0) is 15.4. The molecule has 0 fully saturated rings. The molecule has 1 aliphatic rings. The molecule has 1 amide bonds. The summed E-state index contributed by atoms with van der Waals surface area (Å²) >= 11 is 0. The number of amides is 1. The van der Waals surface area contributed by atoms with E-state index in [0.29, 0.717) is 31.5 Å². The maximum atomic E-state index is 12.1. The molecule has 2 atom stereocenters. The van der Waals surface area contributed by atoms with E-state index >= 15 is 0 Å². The van der Waals surface area contributed by atoms with Crippen molar-refractivity contribution in [3.8, 4) is 0 Å². The molecule has 21 heavy (non-hydrogen) atoms. The molecule has 0 bridgehead atoms. The summed E-state index contributed by atoms with van der Waals surface area (Å²) in [5.41, 5.74) is 0.490. The largest absolute Gasteiger partial charge is 0.503 e. The monoisotopic (exact) mass is 295 g/mol. The van der Waals surface area contributed by atoms with Crippen LogP contribution >= 0.6 is 0 Å². The van der Waals surface area contributed by atoms with Crippen molar-refractivity contribution in [1.82, 2.24) is 14.5 Å². The minimum atomic E-state index is -1.08. The summed E-state index contributed by atoms with van der Waals surface area (Å²) in [6, 6.07) is -0.643. The topological polar surface area (TPSA) is 98.8 Å². The third-order valence-corrected chi connectivity index (χ3v) is 3.77. The van der Waals surface area contributed by atoms with E-state index in [0.717, 1.165) is 0 Å². The molecule has 2 unspecified atom stereocenters. The number of hydrogen-bond donors (Lipinski definition) is 3. The van der Waals surface area contributed by atoms with Crippen molar-refractivity contribution in [3.05, 3.63) is 30.1 Å². The normalized spacial score (nSPS) is 20.4. The zero-order valence-corrected chi connectivity index (χ0v) is 12.0.